The zero-order chi connectivity index (χ0) is 13.2. The van der Waals surface area contributed by atoms with Crippen LogP contribution in [0, 0.1) is 0 Å². The fraction of sp³-hybridized carbons (Fsp3) is 0.312. The SMILES string of the molecule is O=C1CCCCc2cn(Cc3cccc(Br)c3)cc21. The van der Waals surface area contributed by atoms with E-state index in [0.717, 1.165) is 35.8 Å². The van der Waals surface area contributed by atoms with Gasteiger partial charge < -0.3 is 4.57 Å². The predicted octanol–water partition coefficient (Wildman–Crippen LogP) is 4.21. The minimum atomic E-state index is 0.306. The molecule has 0 spiro atoms. The number of ketones is 1. The number of rotatable bonds is 2. The first-order valence-electron chi connectivity index (χ1n) is 6.69. The monoisotopic (exact) mass is 317 g/mol. The van der Waals surface area contributed by atoms with E-state index >= 15 is 0 Å². The molecule has 3 rings (SSSR count). The fourth-order valence-electron chi connectivity index (χ4n) is 2.68. The van der Waals surface area contributed by atoms with Crippen molar-refractivity contribution in [1.82, 2.24) is 4.57 Å². The first-order chi connectivity index (χ1) is 9.22. The quantitative estimate of drug-likeness (QED) is 0.760. The zero-order valence-corrected chi connectivity index (χ0v) is 12.3. The van der Waals surface area contributed by atoms with E-state index < -0.39 is 0 Å². The van der Waals surface area contributed by atoms with E-state index in [1.807, 2.05) is 18.3 Å². The summed E-state index contributed by atoms with van der Waals surface area (Å²) in [6, 6.07) is 8.29. The molecule has 1 heterocycles. The summed E-state index contributed by atoms with van der Waals surface area (Å²) in [4.78, 5) is 12.0. The highest BCUT2D eigenvalue weighted by Crippen LogP contribution is 2.22. The molecule has 0 saturated heterocycles. The van der Waals surface area contributed by atoms with Gasteiger partial charge in [-0.05, 0) is 42.5 Å². The van der Waals surface area contributed by atoms with Gasteiger partial charge in [0.15, 0.2) is 5.78 Å². The summed E-state index contributed by atoms with van der Waals surface area (Å²) in [5.41, 5.74) is 3.40. The van der Waals surface area contributed by atoms with Gasteiger partial charge in [0.2, 0.25) is 0 Å². The lowest BCUT2D eigenvalue weighted by Gasteiger charge is -2.04. The molecule has 1 aliphatic carbocycles. The van der Waals surface area contributed by atoms with Crippen LogP contribution < -0.4 is 0 Å². The van der Waals surface area contributed by atoms with Gasteiger partial charge in [0, 0.05) is 35.4 Å². The van der Waals surface area contributed by atoms with Crippen LogP contribution >= 0.6 is 15.9 Å². The first kappa shape index (κ1) is 12.7. The second-order valence-electron chi connectivity index (χ2n) is 5.13. The summed E-state index contributed by atoms with van der Waals surface area (Å²) >= 11 is 3.49. The van der Waals surface area contributed by atoms with Crippen LogP contribution in [0.2, 0.25) is 0 Å². The third-order valence-corrected chi connectivity index (χ3v) is 4.11. The van der Waals surface area contributed by atoms with Crippen molar-refractivity contribution in [2.45, 2.75) is 32.2 Å². The van der Waals surface area contributed by atoms with E-state index in [9.17, 15) is 4.79 Å². The van der Waals surface area contributed by atoms with Crippen LogP contribution in [-0.4, -0.2) is 10.4 Å². The minimum absolute atomic E-state index is 0.306. The highest BCUT2D eigenvalue weighted by atomic mass is 79.9. The molecule has 3 heteroatoms. The molecule has 1 aliphatic rings. The molecule has 0 N–H and O–H groups in total. The number of fused-ring (bicyclic) bond motifs is 1. The second kappa shape index (κ2) is 5.33. The Morgan fingerprint density at radius 3 is 2.84 bits per heavy atom. The molecular formula is C16H16BrNO. The average molecular weight is 318 g/mol. The van der Waals surface area contributed by atoms with Crippen molar-refractivity contribution in [3.8, 4) is 0 Å². The highest BCUT2D eigenvalue weighted by Gasteiger charge is 2.17. The Bertz CT molecular complexity index is 615. The lowest BCUT2D eigenvalue weighted by atomic mass is 10.1. The molecule has 0 fully saturated rings. The second-order valence-corrected chi connectivity index (χ2v) is 6.05. The molecule has 2 nitrogen and oxygen atoms in total. The Morgan fingerprint density at radius 2 is 2.00 bits per heavy atom. The Labute approximate surface area is 121 Å². The van der Waals surface area contributed by atoms with Gasteiger partial charge in [-0.3, -0.25) is 4.79 Å². The summed E-state index contributed by atoms with van der Waals surface area (Å²) in [6.07, 6.45) is 8.04. The lowest BCUT2D eigenvalue weighted by molar-refractivity contribution is 0.0982. The summed E-state index contributed by atoms with van der Waals surface area (Å²) < 4.78 is 3.23. The van der Waals surface area contributed by atoms with Crippen LogP contribution in [0.15, 0.2) is 41.1 Å². The van der Waals surface area contributed by atoms with E-state index in [2.05, 4.69) is 38.8 Å². The van der Waals surface area contributed by atoms with Gasteiger partial charge in [-0.2, -0.15) is 0 Å². The third kappa shape index (κ3) is 2.81. The van der Waals surface area contributed by atoms with Crippen molar-refractivity contribution < 1.29 is 4.79 Å². The summed E-state index contributed by atoms with van der Waals surface area (Å²) in [7, 11) is 0. The molecular weight excluding hydrogens is 302 g/mol. The number of Topliss-reactive ketones (excluding diaryl/α,β-unsaturated/α-hetero) is 1. The maximum atomic E-state index is 12.0. The van der Waals surface area contributed by atoms with Crippen molar-refractivity contribution in [3.05, 3.63) is 57.8 Å². The van der Waals surface area contributed by atoms with Gasteiger partial charge in [-0.1, -0.05) is 28.1 Å². The van der Waals surface area contributed by atoms with E-state index in [4.69, 9.17) is 0 Å². The van der Waals surface area contributed by atoms with Crippen molar-refractivity contribution in [1.29, 1.82) is 0 Å². The van der Waals surface area contributed by atoms with Gasteiger partial charge in [0.1, 0.15) is 0 Å². The molecule has 19 heavy (non-hydrogen) atoms. The summed E-state index contributed by atoms with van der Waals surface area (Å²) in [6.45, 7) is 0.819. The molecule has 0 saturated carbocycles. The van der Waals surface area contributed by atoms with Crippen LogP contribution in [0.4, 0.5) is 0 Å². The normalized spacial score (nSPS) is 15.1. The largest absolute Gasteiger partial charge is 0.349 e. The van der Waals surface area contributed by atoms with Crippen molar-refractivity contribution in [2.75, 3.05) is 0 Å². The molecule has 0 unspecified atom stereocenters. The molecule has 0 atom stereocenters. The maximum absolute atomic E-state index is 12.0. The third-order valence-electron chi connectivity index (χ3n) is 3.62. The van der Waals surface area contributed by atoms with Gasteiger partial charge in [-0.25, -0.2) is 0 Å². The maximum Gasteiger partial charge on any atom is 0.164 e. The smallest absolute Gasteiger partial charge is 0.164 e. The molecule has 0 radical (unpaired) electrons. The number of carbonyl (C=O) groups excluding carboxylic acids is 1. The Kier molecular flexibility index (Phi) is 3.56. The van der Waals surface area contributed by atoms with E-state index in [1.54, 1.807) is 0 Å². The Morgan fingerprint density at radius 1 is 1.16 bits per heavy atom. The molecule has 98 valence electrons. The average Bonchev–Trinajstić information content (AvgIpc) is 2.70. The summed E-state index contributed by atoms with van der Waals surface area (Å²) in [5.74, 6) is 0.306. The van der Waals surface area contributed by atoms with Crippen LogP contribution in [0.3, 0.4) is 0 Å². The van der Waals surface area contributed by atoms with E-state index in [1.165, 1.54) is 11.1 Å². The van der Waals surface area contributed by atoms with Crippen LogP contribution in [0.5, 0.6) is 0 Å². The molecule has 0 aliphatic heterocycles. The van der Waals surface area contributed by atoms with E-state index in [-0.39, 0.29) is 0 Å². The number of aryl methyl sites for hydroxylation is 1. The van der Waals surface area contributed by atoms with Gasteiger partial charge in [0.25, 0.3) is 0 Å². The standard InChI is InChI=1S/C16H16BrNO/c17-14-6-3-4-12(8-14)9-18-10-13-5-1-2-7-16(19)15(13)11-18/h3-4,6,8,10-11H,1-2,5,7,9H2. The number of carbonyl (C=O) groups is 1. The molecule has 1 aromatic heterocycles. The number of hydrogen-bond acceptors (Lipinski definition) is 1. The fourth-order valence-corrected chi connectivity index (χ4v) is 3.13. The number of halogens is 1. The summed E-state index contributed by atoms with van der Waals surface area (Å²) in [5, 5.41) is 0. The van der Waals surface area contributed by atoms with Crippen molar-refractivity contribution in [2.24, 2.45) is 0 Å². The van der Waals surface area contributed by atoms with Crippen molar-refractivity contribution >= 4 is 21.7 Å². The zero-order valence-electron chi connectivity index (χ0n) is 10.7. The number of hydrogen-bond donors (Lipinski definition) is 0. The minimum Gasteiger partial charge on any atom is -0.349 e. The predicted molar refractivity (Wildman–Crippen MR) is 79.6 cm³/mol. The lowest BCUT2D eigenvalue weighted by Crippen LogP contribution is -1.98. The van der Waals surface area contributed by atoms with Gasteiger partial charge >= 0.3 is 0 Å². The Balaban J connectivity index is 1.87. The number of aromatic nitrogens is 1. The molecule has 0 amide bonds. The van der Waals surface area contributed by atoms with Gasteiger partial charge in [0.05, 0.1) is 0 Å². The van der Waals surface area contributed by atoms with Crippen LogP contribution in [0.1, 0.15) is 40.7 Å². The van der Waals surface area contributed by atoms with E-state index in [0.29, 0.717) is 12.2 Å². The Hall–Kier alpha value is -1.35. The molecule has 0 bridgehead atoms. The number of benzene rings is 1. The van der Waals surface area contributed by atoms with Crippen molar-refractivity contribution in [3.63, 3.8) is 0 Å². The van der Waals surface area contributed by atoms with Crippen LogP contribution in [0.25, 0.3) is 0 Å². The molecule has 1 aromatic carbocycles. The molecule has 2 aromatic rings. The first-order valence-corrected chi connectivity index (χ1v) is 7.48. The van der Waals surface area contributed by atoms with Crippen LogP contribution in [-0.2, 0) is 13.0 Å². The highest BCUT2D eigenvalue weighted by molar-refractivity contribution is 9.10. The number of nitrogens with zero attached hydrogens (tertiary/aromatic N) is 1. The topological polar surface area (TPSA) is 22.0 Å². The van der Waals surface area contributed by atoms with Gasteiger partial charge in [-0.15, -0.1) is 0 Å².